The van der Waals surface area contributed by atoms with E-state index in [9.17, 15) is 5.11 Å². The van der Waals surface area contributed by atoms with E-state index >= 15 is 0 Å². The van der Waals surface area contributed by atoms with E-state index in [1.807, 2.05) is 13.8 Å². The summed E-state index contributed by atoms with van der Waals surface area (Å²) < 4.78 is 0. The van der Waals surface area contributed by atoms with Crippen LogP contribution < -0.4 is 5.32 Å². The predicted octanol–water partition coefficient (Wildman–Crippen LogP) is 2.29. The molecule has 2 unspecified atom stereocenters. The van der Waals surface area contributed by atoms with Gasteiger partial charge in [0.25, 0.3) is 0 Å². The van der Waals surface area contributed by atoms with Gasteiger partial charge in [-0.3, -0.25) is 0 Å². The molecule has 0 spiro atoms. The van der Waals surface area contributed by atoms with Crippen LogP contribution in [0.1, 0.15) is 25.6 Å². The van der Waals surface area contributed by atoms with Crippen LogP contribution >= 0.6 is 11.3 Å². The molecule has 0 saturated heterocycles. The zero-order chi connectivity index (χ0) is 11.3. The Hall–Kier alpha value is -0.380. The van der Waals surface area contributed by atoms with E-state index in [1.165, 1.54) is 4.88 Å². The van der Waals surface area contributed by atoms with Crippen molar-refractivity contribution in [1.82, 2.24) is 5.32 Å². The van der Waals surface area contributed by atoms with Crippen LogP contribution in [0.5, 0.6) is 0 Å². The van der Waals surface area contributed by atoms with E-state index in [0.717, 1.165) is 6.42 Å². The summed E-state index contributed by atoms with van der Waals surface area (Å²) in [4.78, 5) is 1.40. The van der Waals surface area contributed by atoms with Crippen molar-refractivity contribution in [2.75, 3.05) is 6.54 Å². The van der Waals surface area contributed by atoms with Crippen LogP contribution in [0.4, 0.5) is 0 Å². The Balaban J connectivity index is 2.22. The van der Waals surface area contributed by atoms with Crippen LogP contribution in [0.3, 0.4) is 0 Å². The van der Waals surface area contributed by atoms with Crippen molar-refractivity contribution in [3.05, 3.63) is 22.4 Å². The van der Waals surface area contributed by atoms with Gasteiger partial charge in [0.1, 0.15) is 0 Å². The Morgan fingerprint density at radius 3 is 2.67 bits per heavy atom. The lowest BCUT2D eigenvalue weighted by Gasteiger charge is -2.18. The maximum atomic E-state index is 9.64. The van der Waals surface area contributed by atoms with Crippen molar-refractivity contribution in [3.8, 4) is 0 Å². The number of hydrogen-bond acceptors (Lipinski definition) is 3. The van der Waals surface area contributed by atoms with Crippen molar-refractivity contribution < 1.29 is 5.11 Å². The standard InChI is InChI=1S/C12H21NOS/c1-9(2)12(14)8-13-10(3)7-11-5-4-6-15-11/h4-6,9-10,12-14H,7-8H2,1-3H3. The molecular formula is C12H21NOS. The highest BCUT2D eigenvalue weighted by Gasteiger charge is 2.10. The number of thiophene rings is 1. The first-order chi connectivity index (χ1) is 7.09. The van der Waals surface area contributed by atoms with Gasteiger partial charge >= 0.3 is 0 Å². The monoisotopic (exact) mass is 227 g/mol. The van der Waals surface area contributed by atoms with Crippen LogP contribution in [0.2, 0.25) is 0 Å². The molecule has 1 aromatic rings. The fourth-order valence-corrected chi connectivity index (χ4v) is 2.20. The second-order valence-corrected chi connectivity index (χ2v) is 5.44. The van der Waals surface area contributed by atoms with Gasteiger partial charge in [-0.15, -0.1) is 11.3 Å². The van der Waals surface area contributed by atoms with Crippen molar-refractivity contribution in [2.45, 2.75) is 39.3 Å². The molecule has 15 heavy (non-hydrogen) atoms. The average Bonchev–Trinajstić information content (AvgIpc) is 2.66. The number of nitrogens with one attached hydrogen (secondary N) is 1. The van der Waals surface area contributed by atoms with Gasteiger partial charge in [0.2, 0.25) is 0 Å². The van der Waals surface area contributed by atoms with Gasteiger partial charge in [-0.2, -0.15) is 0 Å². The Morgan fingerprint density at radius 2 is 2.13 bits per heavy atom. The van der Waals surface area contributed by atoms with Gasteiger partial charge in [0, 0.05) is 17.5 Å². The molecule has 1 rings (SSSR count). The molecule has 2 N–H and O–H groups in total. The Bertz CT molecular complexity index is 259. The Labute approximate surface area is 96.3 Å². The molecule has 0 aliphatic heterocycles. The van der Waals surface area contributed by atoms with Crippen LogP contribution in [0, 0.1) is 5.92 Å². The maximum Gasteiger partial charge on any atom is 0.0687 e. The zero-order valence-electron chi connectivity index (χ0n) is 9.73. The third kappa shape index (κ3) is 4.78. The minimum absolute atomic E-state index is 0.240. The summed E-state index contributed by atoms with van der Waals surface area (Å²) in [5, 5.41) is 15.1. The Morgan fingerprint density at radius 1 is 1.40 bits per heavy atom. The quantitative estimate of drug-likeness (QED) is 0.781. The molecule has 1 heterocycles. The van der Waals surface area contributed by atoms with Crippen molar-refractivity contribution in [3.63, 3.8) is 0 Å². The van der Waals surface area contributed by atoms with Gasteiger partial charge in [0.05, 0.1) is 6.10 Å². The molecule has 3 heteroatoms. The second-order valence-electron chi connectivity index (χ2n) is 4.40. The summed E-state index contributed by atoms with van der Waals surface area (Å²) >= 11 is 1.79. The molecule has 1 aromatic heterocycles. The lowest BCUT2D eigenvalue weighted by molar-refractivity contribution is 0.120. The van der Waals surface area contributed by atoms with E-state index in [-0.39, 0.29) is 6.10 Å². The summed E-state index contributed by atoms with van der Waals surface area (Å²) in [6.45, 7) is 6.92. The summed E-state index contributed by atoms with van der Waals surface area (Å²) in [6.07, 6.45) is 0.804. The highest BCUT2D eigenvalue weighted by molar-refractivity contribution is 7.09. The van der Waals surface area contributed by atoms with E-state index in [0.29, 0.717) is 18.5 Å². The minimum atomic E-state index is -0.240. The van der Waals surface area contributed by atoms with Crippen LogP contribution in [-0.4, -0.2) is 23.8 Å². The first-order valence-corrected chi connectivity index (χ1v) is 6.41. The molecule has 0 saturated carbocycles. The fourth-order valence-electron chi connectivity index (χ4n) is 1.36. The highest BCUT2D eigenvalue weighted by Crippen LogP contribution is 2.11. The largest absolute Gasteiger partial charge is 0.392 e. The molecule has 0 aliphatic rings. The lowest BCUT2D eigenvalue weighted by atomic mass is 10.1. The molecule has 2 nitrogen and oxygen atoms in total. The molecule has 0 aliphatic carbocycles. The number of hydrogen-bond donors (Lipinski definition) is 2. The van der Waals surface area contributed by atoms with Gasteiger partial charge in [-0.05, 0) is 30.7 Å². The molecule has 0 bridgehead atoms. The average molecular weight is 227 g/mol. The predicted molar refractivity (Wildman–Crippen MR) is 66.3 cm³/mol. The SMILES string of the molecule is CC(Cc1cccs1)NCC(O)C(C)C. The summed E-state index contributed by atoms with van der Waals surface area (Å²) in [6, 6.07) is 4.66. The molecule has 0 amide bonds. The zero-order valence-corrected chi connectivity index (χ0v) is 10.6. The van der Waals surface area contributed by atoms with Crippen molar-refractivity contribution >= 4 is 11.3 Å². The molecule has 86 valence electrons. The van der Waals surface area contributed by atoms with Crippen molar-refractivity contribution in [1.29, 1.82) is 0 Å². The second kappa shape index (κ2) is 6.26. The minimum Gasteiger partial charge on any atom is -0.392 e. The first-order valence-electron chi connectivity index (χ1n) is 5.53. The highest BCUT2D eigenvalue weighted by atomic mass is 32.1. The van der Waals surface area contributed by atoms with Crippen LogP contribution in [0.25, 0.3) is 0 Å². The van der Waals surface area contributed by atoms with E-state index < -0.39 is 0 Å². The van der Waals surface area contributed by atoms with Gasteiger partial charge in [-0.1, -0.05) is 19.9 Å². The van der Waals surface area contributed by atoms with Gasteiger partial charge in [-0.25, -0.2) is 0 Å². The first kappa shape index (κ1) is 12.7. The summed E-state index contributed by atoms with van der Waals surface area (Å²) in [5.41, 5.74) is 0. The number of aliphatic hydroxyl groups is 1. The summed E-state index contributed by atoms with van der Waals surface area (Å²) in [5.74, 6) is 0.325. The van der Waals surface area contributed by atoms with E-state index in [1.54, 1.807) is 11.3 Å². The topological polar surface area (TPSA) is 32.3 Å². The number of aliphatic hydroxyl groups excluding tert-OH is 1. The molecule has 0 radical (unpaired) electrons. The summed E-state index contributed by atoms with van der Waals surface area (Å²) in [7, 11) is 0. The third-order valence-corrected chi connectivity index (χ3v) is 3.43. The number of rotatable bonds is 6. The van der Waals surface area contributed by atoms with E-state index in [4.69, 9.17) is 0 Å². The Kier molecular flexibility index (Phi) is 5.29. The van der Waals surface area contributed by atoms with Crippen LogP contribution in [0.15, 0.2) is 17.5 Å². The molecule has 0 aromatic carbocycles. The third-order valence-electron chi connectivity index (χ3n) is 2.53. The lowest BCUT2D eigenvalue weighted by Crippen LogP contribution is -2.37. The molecule has 2 atom stereocenters. The molecule has 0 fully saturated rings. The van der Waals surface area contributed by atoms with E-state index in [2.05, 4.69) is 29.8 Å². The smallest absolute Gasteiger partial charge is 0.0687 e. The fraction of sp³-hybridized carbons (Fsp3) is 0.667. The molecular weight excluding hydrogens is 206 g/mol. The van der Waals surface area contributed by atoms with Gasteiger partial charge < -0.3 is 10.4 Å². The van der Waals surface area contributed by atoms with Crippen LogP contribution in [-0.2, 0) is 6.42 Å². The van der Waals surface area contributed by atoms with Crippen molar-refractivity contribution in [2.24, 2.45) is 5.92 Å². The maximum absolute atomic E-state index is 9.64. The van der Waals surface area contributed by atoms with Gasteiger partial charge in [0.15, 0.2) is 0 Å². The normalized spacial score (nSPS) is 15.5.